The molecular weight excluding hydrogens is 527 g/mol. The molecule has 3 N–H and O–H groups in total. The predicted octanol–water partition coefficient (Wildman–Crippen LogP) is 2.83. The minimum Gasteiger partial charge on any atom is -0.479 e. The van der Waals surface area contributed by atoms with Crippen molar-refractivity contribution in [1.29, 1.82) is 0 Å². The van der Waals surface area contributed by atoms with Crippen molar-refractivity contribution in [3.8, 4) is 5.69 Å². The molecule has 2 aromatic carbocycles. The molecule has 0 fully saturated rings. The number of nitrogens with two attached hydrogens (primary N) is 1. The molecule has 1 unspecified atom stereocenters. The van der Waals surface area contributed by atoms with Crippen molar-refractivity contribution in [2.24, 2.45) is 5.14 Å². The minimum absolute atomic E-state index is 0.0853. The van der Waals surface area contributed by atoms with Crippen molar-refractivity contribution in [2.45, 2.75) is 37.7 Å². The molecule has 0 amide bonds. The average Bonchev–Trinajstić information content (AvgIpc) is 3.24. The van der Waals surface area contributed by atoms with Crippen LogP contribution in [0.3, 0.4) is 0 Å². The van der Waals surface area contributed by atoms with E-state index in [-0.39, 0.29) is 49.5 Å². The molecular formula is C24H28ClFN4O6S. The maximum atomic E-state index is 15.1. The van der Waals surface area contributed by atoms with Gasteiger partial charge < -0.3 is 14.6 Å². The fraction of sp³-hybridized carbons (Fsp3) is 0.375. The number of sulfonamides is 1. The quantitative estimate of drug-likeness (QED) is 0.256. The van der Waals surface area contributed by atoms with Crippen molar-refractivity contribution in [1.82, 2.24) is 14.8 Å². The molecule has 37 heavy (non-hydrogen) atoms. The average molecular weight is 555 g/mol. The van der Waals surface area contributed by atoms with Crippen LogP contribution in [0.2, 0.25) is 0 Å². The summed E-state index contributed by atoms with van der Waals surface area (Å²) in [7, 11) is -4.14. The SMILES string of the molecule is Cc1ccc(C)c(Cc2nc(C(C)(OCCOCCCl)C(=O)O)nn2-c2ccc(S(N)(=O)=O)cc2F)c1. The molecule has 1 atom stereocenters. The van der Waals surface area contributed by atoms with Gasteiger partial charge in [-0.15, -0.1) is 16.7 Å². The fourth-order valence-corrected chi connectivity index (χ4v) is 4.17. The Kier molecular flexibility index (Phi) is 9.03. The molecule has 0 spiro atoms. The number of hydrogen-bond acceptors (Lipinski definition) is 7. The van der Waals surface area contributed by atoms with Gasteiger partial charge in [0.2, 0.25) is 15.6 Å². The van der Waals surface area contributed by atoms with Crippen molar-refractivity contribution < 1.29 is 32.2 Å². The van der Waals surface area contributed by atoms with E-state index in [1.165, 1.54) is 13.0 Å². The van der Waals surface area contributed by atoms with Crippen LogP contribution in [-0.2, 0) is 36.3 Å². The highest BCUT2D eigenvalue weighted by Gasteiger charge is 2.41. The first-order valence-electron chi connectivity index (χ1n) is 11.2. The highest BCUT2D eigenvalue weighted by molar-refractivity contribution is 7.89. The molecule has 0 aliphatic heterocycles. The summed E-state index contributed by atoms with van der Waals surface area (Å²) in [6, 6.07) is 8.92. The molecule has 10 nitrogen and oxygen atoms in total. The first-order chi connectivity index (χ1) is 17.4. The number of alkyl halides is 1. The van der Waals surface area contributed by atoms with Crippen LogP contribution in [0.5, 0.6) is 0 Å². The third-order valence-corrected chi connectivity index (χ3v) is 6.74. The third-order valence-electron chi connectivity index (χ3n) is 5.68. The molecule has 1 heterocycles. The fourth-order valence-electron chi connectivity index (χ4n) is 3.53. The lowest BCUT2D eigenvalue weighted by molar-refractivity contribution is -0.168. The summed E-state index contributed by atoms with van der Waals surface area (Å²) in [5.41, 5.74) is 0.689. The molecule has 1 aromatic heterocycles. The largest absolute Gasteiger partial charge is 0.479 e. The van der Waals surface area contributed by atoms with Gasteiger partial charge in [0.25, 0.3) is 0 Å². The van der Waals surface area contributed by atoms with Crippen molar-refractivity contribution >= 4 is 27.6 Å². The molecule has 200 valence electrons. The number of primary sulfonamides is 1. The summed E-state index contributed by atoms with van der Waals surface area (Å²) in [5.74, 6) is -2.00. The number of hydrogen-bond donors (Lipinski definition) is 2. The Balaban J connectivity index is 2.11. The van der Waals surface area contributed by atoms with Crippen molar-refractivity contribution in [2.75, 3.05) is 25.7 Å². The van der Waals surface area contributed by atoms with Crippen molar-refractivity contribution in [3.05, 3.63) is 70.6 Å². The van der Waals surface area contributed by atoms with Gasteiger partial charge >= 0.3 is 5.97 Å². The molecule has 13 heteroatoms. The summed E-state index contributed by atoms with van der Waals surface area (Å²) in [6.45, 7) is 5.40. The van der Waals surface area contributed by atoms with Crippen LogP contribution in [-0.4, -0.2) is 60.0 Å². The number of benzene rings is 2. The molecule has 0 radical (unpaired) electrons. The second kappa shape index (κ2) is 11.7. The van der Waals surface area contributed by atoms with Gasteiger partial charge in [-0.3, -0.25) is 0 Å². The van der Waals surface area contributed by atoms with E-state index in [4.69, 9.17) is 26.2 Å². The van der Waals surface area contributed by atoms with Gasteiger partial charge in [-0.1, -0.05) is 23.8 Å². The zero-order chi connectivity index (χ0) is 27.4. The van der Waals surface area contributed by atoms with E-state index in [0.717, 1.165) is 33.5 Å². The van der Waals surface area contributed by atoms with E-state index in [9.17, 15) is 18.3 Å². The minimum atomic E-state index is -4.14. The Morgan fingerprint density at radius 1 is 1.19 bits per heavy atom. The number of halogens is 2. The zero-order valence-corrected chi connectivity index (χ0v) is 22.1. The van der Waals surface area contributed by atoms with Gasteiger partial charge in [-0.05, 0) is 50.1 Å². The lowest BCUT2D eigenvalue weighted by Gasteiger charge is -2.22. The maximum absolute atomic E-state index is 15.1. The van der Waals surface area contributed by atoms with Crippen LogP contribution < -0.4 is 5.14 Å². The van der Waals surface area contributed by atoms with Crippen LogP contribution in [0.25, 0.3) is 5.69 Å². The number of carboxylic acids is 1. The number of rotatable bonds is 12. The Hall–Kier alpha value is -2.90. The number of aromatic nitrogens is 3. The first kappa shape index (κ1) is 28.7. The summed E-state index contributed by atoms with van der Waals surface area (Å²) < 4.78 is 50.5. The van der Waals surface area contributed by atoms with Gasteiger partial charge in [0, 0.05) is 12.3 Å². The van der Waals surface area contributed by atoms with E-state index in [1.807, 2.05) is 32.0 Å². The summed E-state index contributed by atoms with van der Waals surface area (Å²) in [6.07, 6.45) is 0.186. The molecule has 3 rings (SSSR count). The van der Waals surface area contributed by atoms with Gasteiger partial charge in [-0.2, -0.15) is 0 Å². The predicted molar refractivity (Wildman–Crippen MR) is 134 cm³/mol. The molecule has 0 saturated heterocycles. The number of carboxylic acid groups (broad SMARTS) is 1. The Morgan fingerprint density at radius 2 is 1.92 bits per heavy atom. The van der Waals surface area contributed by atoms with Crippen LogP contribution in [0.15, 0.2) is 41.3 Å². The zero-order valence-electron chi connectivity index (χ0n) is 20.6. The smallest absolute Gasteiger partial charge is 0.343 e. The maximum Gasteiger partial charge on any atom is 0.343 e. The van der Waals surface area contributed by atoms with Crippen LogP contribution in [0.4, 0.5) is 4.39 Å². The Morgan fingerprint density at radius 3 is 2.54 bits per heavy atom. The monoisotopic (exact) mass is 554 g/mol. The Bertz CT molecular complexity index is 1400. The summed E-state index contributed by atoms with van der Waals surface area (Å²) in [4.78, 5) is 16.3. The highest BCUT2D eigenvalue weighted by Crippen LogP contribution is 2.27. The lowest BCUT2D eigenvalue weighted by Crippen LogP contribution is -2.38. The first-order valence-corrected chi connectivity index (χ1v) is 13.3. The number of carbonyl (C=O) groups is 1. The van der Waals surface area contributed by atoms with Gasteiger partial charge in [0.15, 0.2) is 5.82 Å². The van der Waals surface area contributed by atoms with Gasteiger partial charge in [0.1, 0.15) is 17.3 Å². The summed E-state index contributed by atoms with van der Waals surface area (Å²) in [5, 5.41) is 19.4. The van der Waals surface area contributed by atoms with Crippen LogP contribution in [0.1, 0.15) is 35.3 Å². The highest BCUT2D eigenvalue weighted by atomic mass is 35.5. The normalized spacial score (nSPS) is 13.5. The second-order valence-corrected chi connectivity index (χ2v) is 10.5. The number of aryl methyl sites for hydroxylation is 2. The van der Waals surface area contributed by atoms with Gasteiger partial charge in [-0.25, -0.2) is 32.4 Å². The summed E-state index contributed by atoms with van der Waals surface area (Å²) >= 11 is 5.58. The number of nitrogens with zero attached hydrogens (tertiary/aromatic N) is 3. The van der Waals surface area contributed by atoms with E-state index in [1.54, 1.807) is 0 Å². The Labute approximate surface area is 219 Å². The topological polar surface area (TPSA) is 147 Å². The third kappa shape index (κ3) is 6.70. The lowest BCUT2D eigenvalue weighted by atomic mass is 10.0. The van der Waals surface area contributed by atoms with Crippen LogP contribution >= 0.6 is 11.6 Å². The van der Waals surface area contributed by atoms with E-state index in [2.05, 4.69) is 10.1 Å². The molecule has 3 aromatic rings. The number of aliphatic carboxylic acids is 1. The molecule has 0 aliphatic rings. The molecule has 0 bridgehead atoms. The van der Waals surface area contributed by atoms with E-state index < -0.39 is 32.3 Å². The van der Waals surface area contributed by atoms with Crippen molar-refractivity contribution in [3.63, 3.8) is 0 Å². The van der Waals surface area contributed by atoms with Gasteiger partial charge in [0.05, 0.1) is 24.7 Å². The molecule has 0 saturated carbocycles. The molecule has 0 aliphatic carbocycles. The standard InChI is InChI=1S/C24H28ClFN4O6S/c1-15-4-5-16(2)17(12-15)13-21-28-22(24(3,23(31)32)36-11-10-35-9-8-25)29-30(21)20-7-6-18(14-19(20)26)37(27,33)34/h4-7,12,14H,8-11,13H2,1-3H3,(H,31,32)(H2,27,33,34). The number of ether oxygens (including phenoxy) is 2. The van der Waals surface area contributed by atoms with E-state index in [0.29, 0.717) is 0 Å². The second-order valence-electron chi connectivity index (χ2n) is 8.52. The van der Waals surface area contributed by atoms with E-state index >= 15 is 4.39 Å². The van der Waals surface area contributed by atoms with Crippen LogP contribution in [0, 0.1) is 19.7 Å².